The van der Waals surface area contributed by atoms with E-state index in [0.29, 0.717) is 5.69 Å². The SMILES string of the molecule is N=C(N)C(=N)/C(=N/O)Nc1ccc(F)c(Br)c1. The Hall–Kier alpha value is -1.96. The van der Waals surface area contributed by atoms with Crippen molar-refractivity contribution in [3.05, 3.63) is 28.5 Å². The second kappa shape index (κ2) is 5.39. The molecule has 0 heterocycles. The van der Waals surface area contributed by atoms with E-state index in [4.69, 9.17) is 21.8 Å². The highest BCUT2D eigenvalue weighted by Crippen LogP contribution is 2.19. The topological polar surface area (TPSA) is 118 Å². The van der Waals surface area contributed by atoms with Gasteiger partial charge >= 0.3 is 0 Å². The average Bonchev–Trinajstić information content (AvgIpc) is 2.29. The van der Waals surface area contributed by atoms with Crippen LogP contribution < -0.4 is 11.1 Å². The molecule has 0 aliphatic heterocycles. The molecule has 0 aliphatic carbocycles. The number of nitrogens with two attached hydrogens (primary N) is 1. The van der Waals surface area contributed by atoms with Gasteiger partial charge < -0.3 is 16.3 Å². The maximum atomic E-state index is 13.0. The molecule has 0 amide bonds. The lowest BCUT2D eigenvalue weighted by Crippen LogP contribution is -2.33. The second-order valence-corrected chi connectivity index (χ2v) is 3.85. The molecule has 1 aromatic rings. The molecule has 0 fully saturated rings. The molecule has 1 rings (SSSR count). The van der Waals surface area contributed by atoms with Crippen LogP contribution in [-0.4, -0.2) is 22.6 Å². The summed E-state index contributed by atoms with van der Waals surface area (Å²) in [5, 5.41) is 28.4. The molecular formula is C9H9BrFN5O. The van der Waals surface area contributed by atoms with Crippen LogP contribution >= 0.6 is 15.9 Å². The number of nitrogens with zero attached hydrogens (tertiary/aromatic N) is 1. The van der Waals surface area contributed by atoms with Gasteiger partial charge in [-0.05, 0) is 34.1 Å². The summed E-state index contributed by atoms with van der Waals surface area (Å²) in [5.41, 5.74) is 5.00. The lowest BCUT2D eigenvalue weighted by atomic mass is 10.2. The van der Waals surface area contributed by atoms with Crippen LogP contribution in [-0.2, 0) is 0 Å². The fourth-order valence-electron chi connectivity index (χ4n) is 0.976. The summed E-state index contributed by atoms with van der Waals surface area (Å²) in [5.74, 6) is -1.29. The van der Waals surface area contributed by atoms with Gasteiger partial charge in [0.1, 0.15) is 17.4 Å². The first-order valence-corrected chi connectivity index (χ1v) is 5.12. The molecule has 0 saturated heterocycles. The first kappa shape index (κ1) is 13.1. The van der Waals surface area contributed by atoms with Crippen LogP contribution in [0, 0.1) is 16.6 Å². The molecule has 6 N–H and O–H groups in total. The Labute approximate surface area is 104 Å². The van der Waals surface area contributed by atoms with Crippen LogP contribution in [0.2, 0.25) is 0 Å². The fraction of sp³-hybridized carbons (Fsp3) is 0. The van der Waals surface area contributed by atoms with Crippen LogP contribution in [0.25, 0.3) is 0 Å². The Balaban J connectivity index is 2.93. The molecule has 0 aliphatic rings. The van der Waals surface area contributed by atoms with Gasteiger partial charge in [-0.15, -0.1) is 0 Å². The number of amidine groups is 2. The number of hydrogen-bond donors (Lipinski definition) is 5. The van der Waals surface area contributed by atoms with E-state index in [1.165, 1.54) is 18.2 Å². The first-order chi connectivity index (χ1) is 7.95. The predicted octanol–water partition coefficient (Wildman–Crippen LogP) is 1.74. The minimum absolute atomic E-state index is 0.217. The van der Waals surface area contributed by atoms with Crippen LogP contribution in [0.5, 0.6) is 0 Å². The van der Waals surface area contributed by atoms with Crippen molar-refractivity contribution in [1.82, 2.24) is 0 Å². The number of hydrogen-bond acceptors (Lipinski definition) is 4. The van der Waals surface area contributed by atoms with Gasteiger partial charge in [-0.1, -0.05) is 5.16 Å². The van der Waals surface area contributed by atoms with Gasteiger partial charge in [0.2, 0.25) is 0 Å². The van der Waals surface area contributed by atoms with E-state index in [2.05, 4.69) is 26.4 Å². The summed E-state index contributed by atoms with van der Waals surface area (Å²) >= 11 is 2.99. The minimum atomic E-state index is -0.550. The van der Waals surface area contributed by atoms with Crippen molar-refractivity contribution in [3.63, 3.8) is 0 Å². The van der Waals surface area contributed by atoms with Crippen LogP contribution in [0.1, 0.15) is 0 Å². The third-order valence-corrected chi connectivity index (χ3v) is 2.40. The Morgan fingerprint density at radius 2 is 2.12 bits per heavy atom. The molecule has 0 aromatic heterocycles. The number of anilines is 1. The van der Waals surface area contributed by atoms with Crippen molar-refractivity contribution >= 4 is 39.0 Å². The van der Waals surface area contributed by atoms with Crippen molar-refractivity contribution in [2.75, 3.05) is 5.32 Å². The monoisotopic (exact) mass is 301 g/mol. The Bertz CT molecular complexity index is 502. The molecule has 90 valence electrons. The Morgan fingerprint density at radius 1 is 1.47 bits per heavy atom. The molecule has 1 aromatic carbocycles. The molecule has 0 atom stereocenters. The summed E-state index contributed by atoms with van der Waals surface area (Å²) in [6.07, 6.45) is 0. The molecule has 0 unspecified atom stereocenters. The number of benzene rings is 1. The van der Waals surface area contributed by atoms with E-state index >= 15 is 0 Å². The van der Waals surface area contributed by atoms with Gasteiger partial charge in [0.25, 0.3) is 0 Å². The number of rotatable bonds is 3. The highest BCUT2D eigenvalue weighted by Gasteiger charge is 2.12. The van der Waals surface area contributed by atoms with Crippen LogP contribution in [0.4, 0.5) is 10.1 Å². The molecule has 0 radical (unpaired) electrons. The van der Waals surface area contributed by atoms with Gasteiger partial charge in [-0.3, -0.25) is 10.8 Å². The van der Waals surface area contributed by atoms with Gasteiger partial charge in [-0.25, -0.2) is 4.39 Å². The smallest absolute Gasteiger partial charge is 0.198 e. The molecular weight excluding hydrogens is 293 g/mol. The lowest BCUT2D eigenvalue weighted by Gasteiger charge is -2.08. The van der Waals surface area contributed by atoms with Crippen LogP contribution in [0.15, 0.2) is 27.8 Å². The van der Waals surface area contributed by atoms with E-state index in [1.807, 2.05) is 0 Å². The largest absolute Gasteiger partial charge is 0.409 e. The molecule has 8 heteroatoms. The van der Waals surface area contributed by atoms with E-state index in [1.54, 1.807) is 0 Å². The van der Waals surface area contributed by atoms with Crippen molar-refractivity contribution < 1.29 is 9.60 Å². The number of nitrogens with one attached hydrogen (secondary N) is 3. The fourth-order valence-corrected chi connectivity index (χ4v) is 1.35. The zero-order valence-corrected chi connectivity index (χ0v) is 10.0. The molecule has 6 nitrogen and oxygen atoms in total. The molecule has 17 heavy (non-hydrogen) atoms. The van der Waals surface area contributed by atoms with Crippen molar-refractivity contribution in [2.24, 2.45) is 10.9 Å². The van der Waals surface area contributed by atoms with Gasteiger partial charge in [0.05, 0.1) is 4.47 Å². The summed E-state index contributed by atoms with van der Waals surface area (Å²) < 4.78 is 13.2. The maximum absolute atomic E-state index is 13.0. The van der Waals surface area contributed by atoms with E-state index in [0.717, 1.165) is 0 Å². The van der Waals surface area contributed by atoms with E-state index < -0.39 is 17.4 Å². The first-order valence-electron chi connectivity index (χ1n) is 4.33. The minimum Gasteiger partial charge on any atom is -0.409 e. The zero-order chi connectivity index (χ0) is 13.0. The summed E-state index contributed by atoms with van der Waals surface area (Å²) in [6.45, 7) is 0. The predicted molar refractivity (Wildman–Crippen MR) is 66.6 cm³/mol. The lowest BCUT2D eigenvalue weighted by molar-refractivity contribution is 0.320. The van der Waals surface area contributed by atoms with Gasteiger partial charge in [0.15, 0.2) is 5.84 Å². The quantitative estimate of drug-likeness (QED) is 0.253. The van der Waals surface area contributed by atoms with Gasteiger partial charge in [-0.2, -0.15) is 0 Å². The Morgan fingerprint density at radius 3 is 2.59 bits per heavy atom. The standard InChI is InChI=1S/C9H9BrFN5O/c10-5-3-4(1-2-6(5)11)15-9(16-17)7(12)8(13)14/h1-3,12,17H,(H3,13,14)(H,15,16). The average molecular weight is 302 g/mol. The van der Waals surface area contributed by atoms with Gasteiger partial charge in [0, 0.05) is 5.69 Å². The van der Waals surface area contributed by atoms with Crippen molar-refractivity contribution in [2.45, 2.75) is 0 Å². The number of oxime groups is 1. The normalized spacial score (nSPS) is 11.1. The Kier molecular flexibility index (Phi) is 4.16. The summed E-state index contributed by atoms with van der Waals surface area (Å²) in [6, 6.07) is 3.98. The summed E-state index contributed by atoms with van der Waals surface area (Å²) in [7, 11) is 0. The molecule has 0 spiro atoms. The van der Waals surface area contributed by atoms with E-state index in [9.17, 15) is 4.39 Å². The summed E-state index contributed by atoms with van der Waals surface area (Å²) in [4.78, 5) is 0. The highest BCUT2D eigenvalue weighted by molar-refractivity contribution is 9.10. The zero-order valence-electron chi connectivity index (χ0n) is 8.46. The molecule has 0 bridgehead atoms. The third kappa shape index (κ3) is 3.25. The van der Waals surface area contributed by atoms with E-state index in [-0.39, 0.29) is 10.3 Å². The second-order valence-electron chi connectivity index (χ2n) is 2.99. The van der Waals surface area contributed by atoms with Crippen molar-refractivity contribution in [1.29, 1.82) is 10.8 Å². The van der Waals surface area contributed by atoms with Crippen molar-refractivity contribution in [3.8, 4) is 0 Å². The number of halogens is 2. The molecule has 0 saturated carbocycles. The third-order valence-electron chi connectivity index (χ3n) is 1.79. The highest BCUT2D eigenvalue weighted by atomic mass is 79.9. The maximum Gasteiger partial charge on any atom is 0.198 e. The van der Waals surface area contributed by atoms with Crippen LogP contribution in [0.3, 0.4) is 0 Å².